The molecule has 0 bridgehead atoms. The molecule has 5 rings (SSSR count). The van der Waals surface area contributed by atoms with Crippen LogP contribution in [0.15, 0.2) is 60.3 Å². The maximum Gasteiger partial charge on any atom is 0.0333 e. The van der Waals surface area contributed by atoms with Gasteiger partial charge in [0.15, 0.2) is 0 Å². The Morgan fingerprint density at radius 3 is 2.20 bits per heavy atom. The number of rotatable bonds is 0. The molecule has 0 aliphatic heterocycles. The lowest BCUT2D eigenvalue weighted by Crippen LogP contribution is -2.03. The van der Waals surface area contributed by atoms with Gasteiger partial charge < -0.3 is 0 Å². The van der Waals surface area contributed by atoms with Gasteiger partial charge in [-0.05, 0) is 44.6 Å². The molecule has 0 atom stereocenters. The Morgan fingerprint density at radius 1 is 0.650 bits per heavy atom. The molecule has 0 amide bonds. The molecule has 0 fully saturated rings. The summed E-state index contributed by atoms with van der Waals surface area (Å²) in [5, 5.41) is 9.06. The highest BCUT2D eigenvalue weighted by atomic mass is 14.1. The highest BCUT2D eigenvalue weighted by Crippen LogP contribution is 2.36. The molecule has 4 aromatic rings. The molecule has 0 heterocycles. The fourth-order valence-electron chi connectivity index (χ4n) is 3.43. The van der Waals surface area contributed by atoms with Crippen molar-refractivity contribution in [1.82, 2.24) is 0 Å². The van der Waals surface area contributed by atoms with Crippen LogP contribution in [0.5, 0.6) is 0 Å². The quantitative estimate of drug-likeness (QED) is 0.217. The van der Waals surface area contributed by atoms with Crippen molar-refractivity contribution in [2.24, 2.45) is 0 Å². The number of hydrogen-bond acceptors (Lipinski definition) is 0. The summed E-state index contributed by atoms with van der Waals surface area (Å²) >= 11 is 0. The van der Waals surface area contributed by atoms with E-state index in [0.717, 1.165) is 5.22 Å². The van der Waals surface area contributed by atoms with Gasteiger partial charge in [0, 0.05) is 10.6 Å². The Bertz CT molecular complexity index is 1140. The molecule has 0 radical (unpaired) electrons. The first-order chi connectivity index (χ1) is 9.93. The molecule has 0 nitrogen and oxygen atoms in total. The number of hydrogen-bond donors (Lipinski definition) is 0. The fourth-order valence-corrected chi connectivity index (χ4v) is 3.43. The average Bonchev–Trinajstić information content (AvgIpc) is 2.52. The van der Waals surface area contributed by atoms with Crippen LogP contribution >= 0.6 is 0 Å². The van der Waals surface area contributed by atoms with Crippen LogP contribution in [0.3, 0.4) is 0 Å². The van der Waals surface area contributed by atoms with Crippen LogP contribution in [0.4, 0.5) is 0 Å². The third kappa shape index (κ3) is 1.09. The summed E-state index contributed by atoms with van der Waals surface area (Å²) in [6.07, 6.45) is 2.07. The van der Waals surface area contributed by atoms with Gasteiger partial charge in [-0.1, -0.05) is 60.0 Å². The van der Waals surface area contributed by atoms with E-state index in [1.54, 1.807) is 0 Å². The van der Waals surface area contributed by atoms with E-state index in [1.807, 2.05) is 0 Å². The molecule has 1 aliphatic carbocycles. The van der Waals surface area contributed by atoms with Crippen molar-refractivity contribution in [2.45, 2.75) is 0 Å². The summed E-state index contributed by atoms with van der Waals surface area (Å²) in [6.45, 7) is 0. The molecule has 0 heteroatoms. The van der Waals surface area contributed by atoms with Crippen molar-refractivity contribution in [3.05, 3.63) is 71.1 Å². The molecule has 1 aliphatic rings. The zero-order valence-electron chi connectivity index (χ0n) is 10.8. The van der Waals surface area contributed by atoms with Crippen LogP contribution in [-0.4, -0.2) is 0 Å². The van der Waals surface area contributed by atoms with Crippen molar-refractivity contribution in [2.75, 3.05) is 0 Å². The molecule has 0 N–H and O–H groups in total. The van der Waals surface area contributed by atoms with Gasteiger partial charge in [0.25, 0.3) is 0 Å². The van der Waals surface area contributed by atoms with Crippen LogP contribution in [0.25, 0.3) is 44.1 Å². The lowest BCUT2D eigenvalue weighted by atomic mass is 9.89. The van der Waals surface area contributed by atoms with Gasteiger partial charge in [-0.25, -0.2) is 0 Å². The summed E-state index contributed by atoms with van der Waals surface area (Å²) in [6, 6.07) is 19.5. The molecule has 0 aromatic heterocycles. The van der Waals surface area contributed by atoms with Crippen LogP contribution < -0.4 is 5.22 Å². The van der Waals surface area contributed by atoms with Crippen LogP contribution in [0, 0.1) is 0 Å². The lowest BCUT2D eigenvalue weighted by Gasteiger charge is -2.13. The molecule has 20 heavy (non-hydrogen) atoms. The Balaban J connectivity index is 2.32. The molecular weight excluding hydrogens is 240 g/mol. The average molecular weight is 250 g/mol. The first-order valence-corrected chi connectivity index (χ1v) is 6.81. The minimum atomic E-state index is 1.14. The Morgan fingerprint density at radius 2 is 1.35 bits per heavy atom. The molecule has 0 saturated heterocycles. The largest absolute Gasteiger partial charge is 0.0689 e. The highest BCUT2D eigenvalue weighted by molar-refractivity contribution is 6.25. The molecule has 0 spiro atoms. The second-order valence-corrected chi connectivity index (χ2v) is 5.26. The summed E-state index contributed by atoms with van der Waals surface area (Å²) in [5.74, 6) is 0. The maximum absolute atomic E-state index is 3.24. The molecule has 0 saturated carbocycles. The summed E-state index contributed by atoms with van der Waals surface area (Å²) < 4.78 is 0. The third-order valence-corrected chi connectivity index (χ3v) is 4.24. The Kier molecular flexibility index (Phi) is 1.71. The van der Waals surface area contributed by atoms with Gasteiger partial charge in [0.2, 0.25) is 0 Å². The zero-order chi connectivity index (χ0) is 13.1. The molecule has 90 valence electrons. The molecular formula is C20H10. The van der Waals surface area contributed by atoms with Crippen LogP contribution in [0.2, 0.25) is 0 Å². The highest BCUT2D eigenvalue weighted by Gasteiger charge is 2.12. The predicted octanol–water partition coefficient (Wildman–Crippen LogP) is 4.43. The molecule has 0 unspecified atom stereocenters. The first kappa shape index (κ1) is 10.1. The number of fused-ring (bicyclic) bond motifs is 2. The van der Waals surface area contributed by atoms with E-state index in [9.17, 15) is 0 Å². The van der Waals surface area contributed by atoms with Gasteiger partial charge in [0.05, 0.1) is 0 Å². The van der Waals surface area contributed by atoms with E-state index >= 15 is 0 Å². The van der Waals surface area contributed by atoms with Crippen LogP contribution in [-0.2, 0) is 0 Å². The smallest absolute Gasteiger partial charge is 0.0333 e. The van der Waals surface area contributed by atoms with E-state index in [-0.39, 0.29) is 0 Å². The SMILES string of the molecule is C1=C=c2cccc3c2c(c2cccc4cccc3c42)C=1. The fraction of sp³-hybridized carbons (Fsp3) is 0. The maximum atomic E-state index is 3.24. The monoisotopic (exact) mass is 250 g/mol. The van der Waals surface area contributed by atoms with Crippen molar-refractivity contribution in [3.63, 3.8) is 0 Å². The Labute approximate surface area is 115 Å². The van der Waals surface area contributed by atoms with Crippen molar-refractivity contribution in [1.29, 1.82) is 0 Å². The van der Waals surface area contributed by atoms with E-state index in [1.165, 1.54) is 37.9 Å². The minimum Gasteiger partial charge on any atom is -0.0689 e. The van der Waals surface area contributed by atoms with Gasteiger partial charge in [0.1, 0.15) is 0 Å². The van der Waals surface area contributed by atoms with Gasteiger partial charge in [-0.15, -0.1) is 0 Å². The minimum absolute atomic E-state index is 1.14. The van der Waals surface area contributed by atoms with E-state index in [0.29, 0.717) is 0 Å². The van der Waals surface area contributed by atoms with E-state index < -0.39 is 0 Å². The van der Waals surface area contributed by atoms with E-state index in [2.05, 4.69) is 72.1 Å². The van der Waals surface area contributed by atoms with Crippen molar-refractivity contribution >= 4 is 44.1 Å². The topological polar surface area (TPSA) is 0 Å². The summed E-state index contributed by atoms with van der Waals surface area (Å²) in [7, 11) is 0. The zero-order valence-corrected chi connectivity index (χ0v) is 10.8. The van der Waals surface area contributed by atoms with Crippen molar-refractivity contribution < 1.29 is 0 Å². The standard InChI is InChI=1S/C20H10/c1-5-13-6-2-11-17-18-12-4-8-14-7-3-10-16(20(14)18)15(9-1)19(13)17/h1-3,5-7,9-12H. The van der Waals surface area contributed by atoms with Gasteiger partial charge in [-0.3, -0.25) is 0 Å². The second-order valence-electron chi connectivity index (χ2n) is 5.26. The predicted molar refractivity (Wildman–Crippen MR) is 85.6 cm³/mol. The lowest BCUT2D eigenvalue weighted by molar-refractivity contribution is 1.69. The first-order valence-electron chi connectivity index (χ1n) is 6.81. The van der Waals surface area contributed by atoms with E-state index in [4.69, 9.17) is 0 Å². The van der Waals surface area contributed by atoms with Gasteiger partial charge in [-0.2, -0.15) is 0 Å². The van der Waals surface area contributed by atoms with Gasteiger partial charge >= 0.3 is 0 Å². The normalized spacial score (nSPS) is 12.4. The van der Waals surface area contributed by atoms with Crippen molar-refractivity contribution in [3.8, 4) is 0 Å². The summed E-state index contributed by atoms with van der Waals surface area (Å²) in [5.41, 5.74) is 7.68. The Hall–Kier alpha value is -2.78. The second kappa shape index (κ2) is 3.40. The van der Waals surface area contributed by atoms with Crippen LogP contribution in [0.1, 0.15) is 5.56 Å². The third-order valence-electron chi connectivity index (χ3n) is 4.24. The molecule has 4 aromatic carbocycles. The summed E-state index contributed by atoms with van der Waals surface area (Å²) in [4.78, 5) is 0. The number of benzene rings is 4.